The van der Waals surface area contributed by atoms with E-state index in [-0.39, 0.29) is 22.4 Å². The molecule has 0 aliphatic rings. The smallest absolute Gasteiger partial charge is 0.442 e. The number of nitrogens with one attached hydrogen (secondary N) is 1. The highest BCUT2D eigenvalue weighted by atomic mass is 79.9. The molecular weight excluding hydrogens is 830 g/mol. The minimum Gasteiger partial charge on any atom is -0.778 e. The number of aliphatic carboxylic acids is 1. The molecular formula is C28H33Br2Cl2N4O9PS. The van der Waals surface area contributed by atoms with E-state index in [1.54, 1.807) is 12.1 Å². The van der Waals surface area contributed by atoms with Crippen LogP contribution < -0.4 is 20.7 Å². The fraction of sp³-hybridized carbons (Fsp3) is 0.357. The van der Waals surface area contributed by atoms with Gasteiger partial charge in [0.1, 0.15) is 25.7 Å². The van der Waals surface area contributed by atoms with Crippen LogP contribution in [0.3, 0.4) is 0 Å². The van der Waals surface area contributed by atoms with E-state index in [0.717, 1.165) is 4.68 Å². The highest BCUT2D eigenvalue weighted by Gasteiger charge is 2.24. The Morgan fingerprint density at radius 3 is 2.15 bits per heavy atom. The molecule has 0 aliphatic heterocycles. The van der Waals surface area contributed by atoms with Crippen LogP contribution in [0.5, 0.6) is 11.5 Å². The third kappa shape index (κ3) is 18.0. The van der Waals surface area contributed by atoms with Crippen molar-refractivity contribution in [3.63, 3.8) is 0 Å². The van der Waals surface area contributed by atoms with E-state index in [1.807, 2.05) is 32.2 Å². The lowest BCUT2D eigenvalue weighted by molar-refractivity contribution is -0.193. The molecule has 0 spiro atoms. The second kappa shape index (κ2) is 20.8. The third-order valence-corrected chi connectivity index (χ3v) is 6.89. The standard InChI is InChI=1S/C15H14Cl2N2O3.C7H3Br2NO.C3H8NO5P.C3H9S/c1-5-6-21-12-8-11(9(16)7-10(12)17)19-14(20)22-13(18-19)15(2,3)4;8-5-1-4(3-10)2-6(9)7(5)11;5-3(6)1-4-2-10(7,8)9;1-4(2)3/h1,7-8H,6H2,2-4H3;1-2,11H;4H,1-2H2,(H,5,6)(H2,7,8,9);1-3H3/q;;;+1/p-1. The van der Waals surface area contributed by atoms with Crippen LogP contribution in [0.4, 0.5) is 0 Å². The summed E-state index contributed by atoms with van der Waals surface area (Å²) in [5.41, 5.74) is 0.399. The van der Waals surface area contributed by atoms with Crippen molar-refractivity contribution in [3.8, 4) is 35.6 Å². The molecule has 258 valence electrons. The van der Waals surface area contributed by atoms with Crippen LogP contribution in [0.1, 0.15) is 32.2 Å². The zero-order valence-corrected chi connectivity index (χ0v) is 32.4. The molecule has 0 bridgehead atoms. The van der Waals surface area contributed by atoms with E-state index < -0.39 is 37.6 Å². The third-order valence-electron chi connectivity index (χ3n) is 4.46. The Bertz CT molecular complexity index is 1670. The van der Waals surface area contributed by atoms with Crippen LogP contribution in [-0.4, -0.2) is 69.1 Å². The predicted octanol–water partition coefficient (Wildman–Crippen LogP) is 4.89. The fourth-order valence-electron chi connectivity index (χ4n) is 2.58. The zero-order valence-electron chi connectivity index (χ0n) is 26.0. The largest absolute Gasteiger partial charge is 0.778 e. The zero-order chi connectivity index (χ0) is 36.7. The summed E-state index contributed by atoms with van der Waals surface area (Å²) in [6, 6.07) is 8.03. The molecule has 0 aliphatic carbocycles. The molecule has 1 heterocycles. The van der Waals surface area contributed by atoms with Gasteiger partial charge in [-0.15, -0.1) is 11.5 Å². The van der Waals surface area contributed by atoms with Gasteiger partial charge in [-0.2, -0.15) is 9.94 Å². The number of aromatic hydroxyl groups is 1. The van der Waals surface area contributed by atoms with Gasteiger partial charge >= 0.3 is 11.7 Å². The quantitative estimate of drug-likeness (QED) is 0.142. The van der Waals surface area contributed by atoms with Crippen LogP contribution >= 0.6 is 62.7 Å². The van der Waals surface area contributed by atoms with E-state index in [2.05, 4.69) is 61.6 Å². The average Bonchev–Trinajstić information content (AvgIpc) is 3.32. The van der Waals surface area contributed by atoms with Gasteiger partial charge in [0, 0.05) is 11.5 Å². The number of nitrogens with zero attached hydrogens (tertiary/aromatic N) is 3. The number of nitriles is 1. The Morgan fingerprint density at radius 2 is 1.74 bits per heavy atom. The van der Waals surface area contributed by atoms with Gasteiger partial charge in [-0.05, 0) is 61.0 Å². The molecule has 19 heteroatoms. The molecule has 1 atom stereocenters. The number of aromatic nitrogens is 2. The lowest BCUT2D eigenvalue weighted by Gasteiger charge is -2.14. The van der Waals surface area contributed by atoms with Crippen molar-refractivity contribution in [1.29, 1.82) is 5.26 Å². The number of halogens is 4. The molecule has 0 fully saturated rings. The van der Waals surface area contributed by atoms with Crippen molar-refractivity contribution in [1.82, 2.24) is 15.1 Å². The molecule has 47 heavy (non-hydrogen) atoms. The van der Waals surface area contributed by atoms with Crippen molar-refractivity contribution in [2.45, 2.75) is 26.2 Å². The molecule has 13 nitrogen and oxygen atoms in total. The molecule has 0 amide bonds. The van der Waals surface area contributed by atoms with Crippen LogP contribution in [0.25, 0.3) is 5.69 Å². The number of phenolic OH excluding ortho intramolecular Hbond substituents is 1. The van der Waals surface area contributed by atoms with E-state index in [9.17, 15) is 24.2 Å². The molecule has 0 saturated heterocycles. The fourth-order valence-corrected chi connectivity index (χ4v) is 4.68. The van der Waals surface area contributed by atoms with Crippen molar-refractivity contribution >= 4 is 79.5 Å². The van der Waals surface area contributed by atoms with E-state index in [1.165, 1.54) is 12.1 Å². The number of benzene rings is 2. The Kier molecular flexibility index (Phi) is 19.7. The van der Waals surface area contributed by atoms with E-state index >= 15 is 0 Å². The maximum Gasteiger partial charge on any atom is 0.442 e. The Morgan fingerprint density at radius 1 is 1.21 bits per heavy atom. The minimum absolute atomic E-state index is 0.0434. The van der Waals surface area contributed by atoms with Crippen molar-refractivity contribution in [2.24, 2.45) is 0 Å². The Labute approximate surface area is 302 Å². The summed E-state index contributed by atoms with van der Waals surface area (Å²) in [5, 5.41) is 32.4. The summed E-state index contributed by atoms with van der Waals surface area (Å²) in [6.07, 6.45) is 11.0. The van der Waals surface area contributed by atoms with Gasteiger partial charge in [0.05, 0.1) is 67.9 Å². The molecule has 1 unspecified atom stereocenters. The normalized spacial score (nSPS) is 11.6. The number of ether oxygens (including phenoxy) is 1. The minimum atomic E-state index is -4.35. The average molecular weight is 863 g/mol. The first-order valence-electron chi connectivity index (χ1n) is 12.7. The van der Waals surface area contributed by atoms with Crippen molar-refractivity contribution in [3.05, 3.63) is 65.3 Å². The van der Waals surface area contributed by atoms with Gasteiger partial charge in [0.25, 0.3) is 0 Å². The topological polar surface area (TPSA) is 211 Å². The first-order chi connectivity index (χ1) is 21.5. The second-order valence-electron chi connectivity index (χ2n) is 10.3. The molecule has 1 aromatic heterocycles. The molecule has 3 aromatic rings. The SMILES string of the molecule is C#CCOc1cc(-n2nc(C(C)(C)C)oc2=O)c(Cl)cc1Cl.C[S+](C)C.N#Cc1cc(Br)c(O)c(Br)c1.O=C(O)CNCP(=O)([O-])O. The number of carbonyl (C=O) groups is 1. The molecule has 3 rings (SSSR count). The maximum atomic E-state index is 12.0. The lowest BCUT2D eigenvalue weighted by Crippen LogP contribution is -2.25. The Hall–Kier alpha value is -2.50. The van der Waals surface area contributed by atoms with Gasteiger partial charge in [-0.3, -0.25) is 10.1 Å². The highest BCUT2D eigenvalue weighted by Crippen LogP contribution is 2.34. The van der Waals surface area contributed by atoms with Gasteiger partial charge in [-0.1, -0.05) is 49.9 Å². The van der Waals surface area contributed by atoms with E-state index in [0.29, 0.717) is 42.7 Å². The van der Waals surface area contributed by atoms with Gasteiger partial charge in [0.2, 0.25) is 5.89 Å². The summed E-state index contributed by atoms with van der Waals surface area (Å²) in [5.74, 6) is 1.25. The van der Waals surface area contributed by atoms with Crippen LogP contribution in [0.15, 0.2) is 42.4 Å². The summed E-state index contributed by atoms with van der Waals surface area (Å²) in [7, 11) is -3.71. The summed E-state index contributed by atoms with van der Waals surface area (Å²) in [4.78, 5) is 39.8. The number of rotatable bonds is 7. The van der Waals surface area contributed by atoms with Crippen LogP contribution in [0, 0.1) is 23.7 Å². The van der Waals surface area contributed by atoms with Gasteiger partial charge in [-0.25, -0.2) is 4.79 Å². The number of carboxylic acids is 1. The summed E-state index contributed by atoms with van der Waals surface area (Å²) >= 11 is 18.4. The number of phenols is 1. The van der Waals surface area contributed by atoms with Crippen LogP contribution in [-0.2, 0) is 25.7 Å². The summed E-state index contributed by atoms with van der Waals surface area (Å²) < 4.78 is 22.5. The first kappa shape index (κ1) is 44.5. The van der Waals surface area contributed by atoms with Gasteiger partial charge in [0.15, 0.2) is 0 Å². The second-order valence-corrected chi connectivity index (χ2v) is 16.9. The number of terminal acetylenes is 1. The van der Waals surface area contributed by atoms with E-state index in [4.69, 9.17) is 54.0 Å². The molecule has 0 radical (unpaired) electrons. The van der Waals surface area contributed by atoms with Gasteiger partial charge < -0.3 is 33.7 Å². The lowest BCUT2D eigenvalue weighted by atomic mass is 9.97. The first-order valence-corrected chi connectivity index (χ1v) is 19.3. The number of hydrogen-bond donors (Lipinski definition) is 4. The number of hydrogen-bond acceptors (Lipinski definition) is 10. The highest BCUT2D eigenvalue weighted by molar-refractivity contribution is 9.11. The molecule has 2 aromatic carbocycles. The predicted molar refractivity (Wildman–Crippen MR) is 189 cm³/mol. The van der Waals surface area contributed by atoms with Crippen molar-refractivity contribution < 1.29 is 38.5 Å². The summed E-state index contributed by atoms with van der Waals surface area (Å²) in [6.45, 7) is 5.21. The monoisotopic (exact) mass is 860 g/mol. The molecule has 0 saturated carbocycles. The Balaban J connectivity index is 0.000000708. The molecule has 4 N–H and O–H groups in total. The maximum absolute atomic E-state index is 12.0. The van der Waals surface area contributed by atoms with Crippen molar-refractivity contribution in [2.75, 3.05) is 38.2 Å². The number of carboxylic acid groups (broad SMARTS) is 1. The van der Waals surface area contributed by atoms with Crippen LogP contribution in [0.2, 0.25) is 10.0 Å².